The molecule has 2 aromatic rings. The smallest absolute Gasteiger partial charge is 0.363 e. The summed E-state index contributed by atoms with van der Waals surface area (Å²) in [7, 11) is -4.00. The van der Waals surface area contributed by atoms with Crippen LogP contribution in [0, 0.1) is 0 Å². The summed E-state index contributed by atoms with van der Waals surface area (Å²) in [4.78, 5) is 24.4. The lowest BCUT2D eigenvalue weighted by Gasteiger charge is -2.11. The Morgan fingerprint density at radius 1 is 1.45 bits per heavy atom. The van der Waals surface area contributed by atoms with Crippen molar-refractivity contribution in [3.05, 3.63) is 30.1 Å². The fourth-order valence-electron chi connectivity index (χ4n) is 1.89. The third-order valence-corrected chi connectivity index (χ3v) is 4.23. The molecule has 20 heavy (non-hydrogen) atoms. The minimum Gasteiger partial charge on any atom is -0.481 e. The fourth-order valence-corrected chi connectivity index (χ4v) is 2.74. The highest BCUT2D eigenvalue weighted by Crippen LogP contribution is 2.46. The average Bonchev–Trinajstić information content (AvgIpc) is 2.74. The number of halogens is 1. The Bertz CT molecular complexity index is 687. The first kappa shape index (κ1) is 15.0. The number of benzene rings is 1. The number of aromatic nitrogens is 2. The van der Waals surface area contributed by atoms with Crippen LogP contribution in [0.1, 0.15) is 12.2 Å². The summed E-state index contributed by atoms with van der Waals surface area (Å²) < 4.78 is 17.1. The number of hydrogen-bond donors (Lipinski definition) is 2. The highest BCUT2D eigenvalue weighted by atomic mass is 35.5. The molecule has 0 spiro atoms. The highest BCUT2D eigenvalue weighted by Gasteiger charge is 2.23. The van der Waals surface area contributed by atoms with Crippen molar-refractivity contribution in [3.63, 3.8) is 0 Å². The van der Waals surface area contributed by atoms with E-state index in [1.807, 2.05) is 0 Å². The largest absolute Gasteiger partial charge is 0.481 e. The minimum atomic E-state index is -4.00. The van der Waals surface area contributed by atoms with E-state index in [0.29, 0.717) is 16.9 Å². The number of hydrogen-bond acceptors (Lipinski definition) is 4. The zero-order valence-electron chi connectivity index (χ0n) is 10.3. The number of fused-ring (bicyclic) bond motifs is 1. The predicted molar refractivity (Wildman–Crippen MR) is 72.5 cm³/mol. The molecule has 0 fully saturated rings. The van der Waals surface area contributed by atoms with Crippen molar-refractivity contribution < 1.29 is 23.4 Å². The van der Waals surface area contributed by atoms with Gasteiger partial charge >= 0.3 is 13.6 Å². The van der Waals surface area contributed by atoms with Gasteiger partial charge in [0.1, 0.15) is 12.1 Å². The molecular weight excluding hydrogens is 307 g/mol. The summed E-state index contributed by atoms with van der Waals surface area (Å²) in [6.45, 7) is 0. The summed E-state index contributed by atoms with van der Waals surface area (Å²) in [6.07, 6.45) is -0.362. The molecule has 7 nitrogen and oxygen atoms in total. The van der Waals surface area contributed by atoms with E-state index in [0.717, 1.165) is 0 Å². The molecule has 0 bridgehead atoms. The van der Waals surface area contributed by atoms with Crippen molar-refractivity contribution in [1.82, 2.24) is 9.55 Å². The Balaban J connectivity index is 2.44. The van der Waals surface area contributed by atoms with Gasteiger partial charge in [-0.3, -0.25) is 9.36 Å². The third kappa shape index (κ3) is 3.37. The first-order valence-electron chi connectivity index (χ1n) is 5.71. The summed E-state index contributed by atoms with van der Waals surface area (Å²) in [5.41, 5.74) is 1.23. The lowest BCUT2D eigenvalue weighted by Crippen LogP contribution is -2.07. The minimum absolute atomic E-state index is 0.124. The molecule has 0 amide bonds. The van der Waals surface area contributed by atoms with E-state index in [1.165, 1.54) is 4.57 Å². The number of nitrogens with zero attached hydrogens (tertiary/aromatic N) is 2. The Kier molecular flexibility index (Phi) is 4.45. The van der Waals surface area contributed by atoms with Crippen molar-refractivity contribution in [1.29, 1.82) is 0 Å². The van der Waals surface area contributed by atoms with Gasteiger partial charge in [-0.15, -0.1) is 0 Å². The van der Waals surface area contributed by atoms with Crippen LogP contribution in [0.5, 0.6) is 0 Å². The van der Waals surface area contributed by atoms with Crippen LogP contribution < -0.4 is 0 Å². The van der Waals surface area contributed by atoms with Crippen molar-refractivity contribution in [2.75, 3.05) is 0 Å². The SMILES string of the molecule is O=C(O)CCc1nc2ccccc2n1CP(=O)(O)OCl. The number of carbonyl (C=O) groups is 1. The molecule has 108 valence electrons. The Labute approximate surface area is 119 Å². The molecule has 9 heteroatoms. The summed E-state index contributed by atoms with van der Waals surface area (Å²) in [5.74, 6) is -0.569. The van der Waals surface area contributed by atoms with Gasteiger partial charge in [-0.25, -0.2) is 4.98 Å². The van der Waals surface area contributed by atoms with E-state index in [4.69, 9.17) is 17.0 Å². The van der Waals surface area contributed by atoms with E-state index in [2.05, 4.69) is 9.06 Å². The number of rotatable bonds is 6. The van der Waals surface area contributed by atoms with Gasteiger partial charge in [-0.05, 0) is 12.1 Å². The second-order valence-electron chi connectivity index (χ2n) is 4.19. The molecular formula is C11H12ClN2O5P. The molecule has 1 aromatic carbocycles. The molecule has 2 rings (SSSR count). The monoisotopic (exact) mass is 318 g/mol. The molecule has 0 aliphatic rings. The normalized spacial score (nSPS) is 14.3. The quantitative estimate of drug-likeness (QED) is 0.793. The fraction of sp³-hybridized carbons (Fsp3) is 0.273. The van der Waals surface area contributed by atoms with Crippen molar-refractivity contribution >= 4 is 36.5 Å². The van der Waals surface area contributed by atoms with Gasteiger partial charge in [0.05, 0.1) is 29.3 Å². The van der Waals surface area contributed by atoms with Crippen LogP contribution in [0.4, 0.5) is 0 Å². The Morgan fingerprint density at radius 3 is 2.80 bits per heavy atom. The van der Waals surface area contributed by atoms with Gasteiger partial charge in [-0.2, -0.15) is 4.08 Å². The van der Waals surface area contributed by atoms with Crippen LogP contribution in [0.15, 0.2) is 24.3 Å². The first-order chi connectivity index (χ1) is 9.43. The number of carboxylic acids is 1. The second-order valence-corrected chi connectivity index (χ2v) is 6.30. The van der Waals surface area contributed by atoms with Gasteiger partial charge in [-0.1, -0.05) is 12.1 Å². The molecule has 0 radical (unpaired) electrons. The number of imidazole rings is 1. The Morgan fingerprint density at radius 2 is 2.15 bits per heavy atom. The second kappa shape index (κ2) is 5.93. The average molecular weight is 319 g/mol. The number of carboxylic acid groups (broad SMARTS) is 1. The lowest BCUT2D eigenvalue weighted by atomic mass is 10.3. The lowest BCUT2D eigenvalue weighted by molar-refractivity contribution is -0.137. The molecule has 2 N–H and O–H groups in total. The maximum atomic E-state index is 11.6. The zero-order chi connectivity index (χ0) is 14.8. The van der Waals surface area contributed by atoms with Crippen LogP contribution in [0.25, 0.3) is 11.0 Å². The van der Waals surface area contributed by atoms with E-state index < -0.39 is 13.6 Å². The molecule has 0 aliphatic carbocycles. The maximum Gasteiger partial charge on any atom is 0.363 e. The van der Waals surface area contributed by atoms with Gasteiger partial charge in [0.25, 0.3) is 0 Å². The van der Waals surface area contributed by atoms with Crippen LogP contribution >= 0.6 is 19.5 Å². The van der Waals surface area contributed by atoms with Crippen molar-refractivity contribution in [3.8, 4) is 0 Å². The van der Waals surface area contributed by atoms with Crippen LogP contribution in [-0.4, -0.2) is 25.5 Å². The van der Waals surface area contributed by atoms with E-state index in [1.54, 1.807) is 24.3 Å². The number of aliphatic carboxylic acids is 1. The summed E-state index contributed by atoms with van der Waals surface area (Å²) in [5, 5.41) is 8.73. The zero-order valence-corrected chi connectivity index (χ0v) is 11.9. The van der Waals surface area contributed by atoms with Gasteiger partial charge in [0, 0.05) is 6.42 Å². The summed E-state index contributed by atoms with van der Waals surface area (Å²) in [6, 6.07) is 6.99. The van der Waals surface area contributed by atoms with Crippen LogP contribution in [-0.2, 0) is 26.1 Å². The van der Waals surface area contributed by atoms with E-state index in [-0.39, 0.29) is 19.1 Å². The molecule has 0 aliphatic heterocycles. The molecule has 1 atom stereocenters. The van der Waals surface area contributed by atoms with Crippen LogP contribution in [0.2, 0.25) is 0 Å². The summed E-state index contributed by atoms with van der Waals surface area (Å²) >= 11 is 5.00. The highest BCUT2D eigenvalue weighted by molar-refractivity contribution is 7.52. The van der Waals surface area contributed by atoms with Gasteiger partial charge in [0.15, 0.2) is 0 Å². The topological polar surface area (TPSA) is 102 Å². The van der Waals surface area contributed by atoms with E-state index in [9.17, 15) is 14.3 Å². The predicted octanol–water partition coefficient (Wildman–Crippen LogP) is 2.37. The van der Waals surface area contributed by atoms with E-state index >= 15 is 0 Å². The third-order valence-electron chi connectivity index (χ3n) is 2.72. The van der Waals surface area contributed by atoms with Gasteiger partial charge in [0.2, 0.25) is 0 Å². The van der Waals surface area contributed by atoms with Gasteiger partial charge < -0.3 is 14.6 Å². The van der Waals surface area contributed by atoms with Crippen LogP contribution in [0.3, 0.4) is 0 Å². The number of para-hydroxylation sites is 2. The molecule has 1 aromatic heterocycles. The molecule has 0 saturated heterocycles. The van der Waals surface area contributed by atoms with Crippen molar-refractivity contribution in [2.45, 2.75) is 19.1 Å². The van der Waals surface area contributed by atoms with Crippen molar-refractivity contribution in [2.24, 2.45) is 0 Å². The molecule has 1 unspecified atom stereocenters. The Hall–Kier alpha value is -1.40. The molecule has 0 saturated carbocycles. The number of aryl methyl sites for hydroxylation is 1. The standard InChI is InChI=1S/C11H12ClN2O5P/c12-19-20(17,18)7-14-9-4-2-1-3-8(9)13-10(14)5-6-11(15)16/h1-4H,5-7H2,(H,15,16)(H,17,18). The molecule has 1 heterocycles. The first-order valence-corrected chi connectivity index (χ1v) is 7.78. The maximum absolute atomic E-state index is 11.6.